The van der Waals surface area contributed by atoms with Crippen molar-refractivity contribution in [3.8, 4) is 0 Å². The predicted molar refractivity (Wildman–Crippen MR) is 112 cm³/mol. The third-order valence-electron chi connectivity index (χ3n) is 4.73. The highest BCUT2D eigenvalue weighted by Crippen LogP contribution is 2.13. The maximum Gasteiger partial charge on any atom is 0.227 e. The molecule has 158 valence electrons. The number of allylic oxidation sites excluding steroid dienone is 1. The molecule has 0 aliphatic rings. The highest BCUT2D eigenvalue weighted by Gasteiger charge is 2.17. The molecular weight excluding hydrogens is 340 g/mol. The quantitative estimate of drug-likeness (QED) is 0.230. The number of hydrogen-bond acceptors (Lipinski definition) is 3. The van der Waals surface area contributed by atoms with Crippen molar-refractivity contribution < 1.29 is 14.7 Å². The fraction of sp³-hybridized carbons (Fsp3) is 0.818. The molecule has 0 spiro atoms. The summed E-state index contributed by atoms with van der Waals surface area (Å²) in [4.78, 5) is 23.2. The van der Waals surface area contributed by atoms with Crippen LogP contribution in [0.5, 0.6) is 0 Å². The second-order valence-electron chi connectivity index (χ2n) is 7.40. The van der Waals surface area contributed by atoms with Crippen LogP contribution in [0.25, 0.3) is 0 Å². The second-order valence-corrected chi connectivity index (χ2v) is 7.40. The number of amides is 2. The van der Waals surface area contributed by atoms with E-state index in [4.69, 9.17) is 10.8 Å². The number of nitrogens with two attached hydrogens (primary N) is 1. The average Bonchev–Trinajstić information content (AvgIpc) is 2.64. The number of hydrogen-bond donors (Lipinski definition) is 3. The molecule has 0 saturated carbocycles. The van der Waals surface area contributed by atoms with Crippen molar-refractivity contribution in [2.24, 2.45) is 11.7 Å². The molecule has 0 aromatic carbocycles. The zero-order valence-corrected chi connectivity index (χ0v) is 17.4. The highest BCUT2D eigenvalue weighted by atomic mass is 16.3. The van der Waals surface area contributed by atoms with Crippen LogP contribution in [0.1, 0.15) is 96.8 Å². The number of unbranched alkanes of at least 4 members (excludes halogenated alkanes) is 11. The Labute approximate surface area is 166 Å². The second kappa shape index (κ2) is 19.4. The molecule has 2 amide bonds. The van der Waals surface area contributed by atoms with Crippen LogP contribution >= 0.6 is 0 Å². The molecule has 0 fully saturated rings. The summed E-state index contributed by atoms with van der Waals surface area (Å²) in [5.41, 5.74) is 5.24. The minimum absolute atomic E-state index is 0.0275. The SMILES string of the molecule is CCCCCCCCCCCCCC=CC(CC(N)=O)C(=O)NCCCO. The molecule has 0 aromatic rings. The third kappa shape index (κ3) is 17.8. The van der Waals surface area contributed by atoms with Gasteiger partial charge in [0, 0.05) is 19.6 Å². The van der Waals surface area contributed by atoms with Gasteiger partial charge in [0.1, 0.15) is 0 Å². The zero-order chi connectivity index (χ0) is 20.2. The summed E-state index contributed by atoms with van der Waals surface area (Å²) in [5.74, 6) is -1.18. The normalized spacial score (nSPS) is 12.4. The third-order valence-corrected chi connectivity index (χ3v) is 4.73. The predicted octanol–water partition coefficient (Wildman–Crippen LogP) is 4.23. The minimum Gasteiger partial charge on any atom is -0.396 e. The molecule has 0 saturated heterocycles. The van der Waals surface area contributed by atoms with E-state index in [2.05, 4.69) is 12.2 Å². The first-order chi connectivity index (χ1) is 13.1. The number of rotatable bonds is 19. The molecule has 5 heteroatoms. The largest absolute Gasteiger partial charge is 0.396 e. The summed E-state index contributed by atoms with van der Waals surface area (Å²) in [5, 5.41) is 11.5. The first-order valence-electron chi connectivity index (χ1n) is 10.9. The average molecular weight is 383 g/mol. The Morgan fingerprint density at radius 1 is 0.926 bits per heavy atom. The monoisotopic (exact) mass is 382 g/mol. The van der Waals surface area contributed by atoms with Crippen LogP contribution in [-0.4, -0.2) is 30.1 Å². The molecule has 5 nitrogen and oxygen atoms in total. The van der Waals surface area contributed by atoms with Gasteiger partial charge in [-0.25, -0.2) is 0 Å². The van der Waals surface area contributed by atoms with Crippen molar-refractivity contribution in [2.75, 3.05) is 13.2 Å². The van der Waals surface area contributed by atoms with Crippen molar-refractivity contribution in [1.29, 1.82) is 0 Å². The molecule has 1 unspecified atom stereocenters. The Bertz CT molecular complexity index is 397. The molecule has 0 aromatic heterocycles. The highest BCUT2D eigenvalue weighted by molar-refractivity contribution is 5.86. The summed E-state index contributed by atoms with van der Waals surface area (Å²) < 4.78 is 0. The zero-order valence-electron chi connectivity index (χ0n) is 17.4. The number of aliphatic hydroxyl groups excluding tert-OH is 1. The van der Waals surface area contributed by atoms with E-state index in [-0.39, 0.29) is 18.9 Å². The lowest BCUT2D eigenvalue weighted by atomic mass is 10.0. The van der Waals surface area contributed by atoms with E-state index in [1.807, 2.05) is 6.08 Å². The molecule has 0 aliphatic heterocycles. The van der Waals surface area contributed by atoms with E-state index < -0.39 is 11.8 Å². The van der Waals surface area contributed by atoms with Crippen LogP contribution in [0.4, 0.5) is 0 Å². The van der Waals surface area contributed by atoms with Gasteiger partial charge >= 0.3 is 0 Å². The van der Waals surface area contributed by atoms with Crippen LogP contribution in [0.3, 0.4) is 0 Å². The van der Waals surface area contributed by atoms with Gasteiger partial charge in [-0.1, -0.05) is 83.3 Å². The number of carbonyl (C=O) groups is 2. The summed E-state index contributed by atoms with van der Waals surface area (Å²) >= 11 is 0. The van der Waals surface area contributed by atoms with Crippen LogP contribution in [0.2, 0.25) is 0 Å². The summed E-state index contributed by atoms with van der Waals surface area (Å²) in [7, 11) is 0. The van der Waals surface area contributed by atoms with Crippen LogP contribution in [-0.2, 0) is 9.59 Å². The van der Waals surface area contributed by atoms with E-state index in [9.17, 15) is 9.59 Å². The Balaban J connectivity index is 3.76. The molecule has 0 radical (unpaired) electrons. The van der Waals surface area contributed by atoms with Gasteiger partial charge in [0.15, 0.2) is 0 Å². The van der Waals surface area contributed by atoms with Crippen LogP contribution < -0.4 is 11.1 Å². The topological polar surface area (TPSA) is 92.4 Å². The minimum atomic E-state index is -0.506. The maximum atomic E-state index is 12.1. The van der Waals surface area contributed by atoms with Gasteiger partial charge in [0.2, 0.25) is 11.8 Å². The molecular formula is C22H42N2O3. The Hall–Kier alpha value is -1.36. The van der Waals surface area contributed by atoms with Gasteiger partial charge in [0.25, 0.3) is 0 Å². The van der Waals surface area contributed by atoms with Crippen molar-refractivity contribution >= 4 is 11.8 Å². The first kappa shape index (κ1) is 25.6. The summed E-state index contributed by atoms with van der Waals surface area (Å²) in [6.45, 7) is 2.70. The fourth-order valence-electron chi connectivity index (χ4n) is 3.07. The Morgan fingerprint density at radius 2 is 1.48 bits per heavy atom. The van der Waals surface area contributed by atoms with E-state index >= 15 is 0 Å². The Kier molecular flexibility index (Phi) is 18.4. The number of aliphatic hydroxyl groups is 1. The smallest absolute Gasteiger partial charge is 0.227 e. The lowest BCUT2D eigenvalue weighted by molar-refractivity contribution is -0.127. The number of carbonyl (C=O) groups excluding carboxylic acids is 2. The van der Waals surface area contributed by atoms with Crippen molar-refractivity contribution in [2.45, 2.75) is 96.8 Å². The van der Waals surface area contributed by atoms with E-state index in [0.29, 0.717) is 13.0 Å². The molecule has 0 bridgehead atoms. The first-order valence-corrected chi connectivity index (χ1v) is 10.9. The van der Waals surface area contributed by atoms with Gasteiger partial charge in [0.05, 0.1) is 5.92 Å². The van der Waals surface area contributed by atoms with Gasteiger partial charge in [-0.15, -0.1) is 0 Å². The van der Waals surface area contributed by atoms with Crippen molar-refractivity contribution in [3.05, 3.63) is 12.2 Å². The lowest BCUT2D eigenvalue weighted by Gasteiger charge is -2.11. The molecule has 0 aliphatic carbocycles. The van der Waals surface area contributed by atoms with Crippen molar-refractivity contribution in [3.63, 3.8) is 0 Å². The van der Waals surface area contributed by atoms with E-state index in [1.165, 1.54) is 64.2 Å². The van der Waals surface area contributed by atoms with E-state index in [0.717, 1.165) is 12.8 Å². The fourth-order valence-corrected chi connectivity index (χ4v) is 3.07. The molecule has 4 N–H and O–H groups in total. The van der Waals surface area contributed by atoms with Gasteiger partial charge in [-0.05, 0) is 19.3 Å². The van der Waals surface area contributed by atoms with Crippen LogP contribution in [0.15, 0.2) is 12.2 Å². The van der Waals surface area contributed by atoms with Crippen LogP contribution in [0, 0.1) is 5.92 Å². The van der Waals surface area contributed by atoms with E-state index in [1.54, 1.807) is 6.08 Å². The summed E-state index contributed by atoms with van der Waals surface area (Å²) in [6, 6.07) is 0. The summed E-state index contributed by atoms with van der Waals surface area (Å²) in [6.07, 6.45) is 19.7. The number of primary amides is 1. The molecule has 0 heterocycles. The number of nitrogens with one attached hydrogen (secondary N) is 1. The lowest BCUT2D eigenvalue weighted by Crippen LogP contribution is -2.33. The molecule has 27 heavy (non-hydrogen) atoms. The molecule has 1 atom stereocenters. The van der Waals surface area contributed by atoms with Gasteiger partial charge < -0.3 is 16.2 Å². The van der Waals surface area contributed by atoms with Gasteiger partial charge in [-0.2, -0.15) is 0 Å². The standard InChI is InChI=1S/C22H42N2O3/c1-2-3-4-5-6-7-8-9-10-11-12-13-14-16-20(19-21(23)26)22(27)24-17-15-18-25/h14,16,20,25H,2-13,15,17-19H2,1H3,(H2,23,26)(H,24,27). The van der Waals surface area contributed by atoms with Gasteiger partial charge in [-0.3, -0.25) is 9.59 Å². The molecule has 0 rings (SSSR count). The Morgan fingerprint density at radius 3 is 2.00 bits per heavy atom. The van der Waals surface area contributed by atoms with Crippen molar-refractivity contribution in [1.82, 2.24) is 5.32 Å². The maximum absolute atomic E-state index is 12.1.